The molecular formula is C20H21N3O2S. The molecular weight excluding hydrogens is 346 g/mol. The largest absolute Gasteiger partial charge is 0.497 e. The number of aromatic nitrogens is 1. The molecule has 4 rings (SSSR count). The van der Waals surface area contributed by atoms with Crippen molar-refractivity contribution < 1.29 is 9.53 Å². The zero-order chi connectivity index (χ0) is 17.9. The summed E-state index contributed by atoms with van der Waals surface area (Å²) in [7, 11) is 1.67. The van der Waals surface area contributed by atoms with Gasteiger partial charge in [-0.2, -0.15) is 0 Å². The summed E-state index contributed by atoms with van der Waals surface area (Å²) in [6, 6.07) is 12.0. The van der Waals surface area contributed by atoms with E-state index in [0.29, 0.717) is 6.42 Å². The van der Waals surface area contributed by atoms with Crippen molar-refractivity contribution in [2.45, 2.75) is 24.8 Å². The molecule has 2 aliphatic rings. The van der Waals surface area contributed by atoms with Crippen LogP contribution in [-0.2, 0) is 4.79 Å². The van der Waals surface area contributed by atoms with Gasteiger partial charge in [-0.1, -0.05) is 17.8 Å². The normalized spacial score (nSPS) is 20.3. The SMILES string of the molecule is COc1cccc(N2C(c3ccncc3)=CSC2N2CCCCC2=O)c1. The zero-order valence-corrected chi connectivity index (χ0v) is 15.5. The number of thioether (sulfide) groups is 1. The van der Waals surface area contributed by atoms with Crippen LogP contribution in [0.5, 0.6) is 5.75 Å². The summed E-state index contributed by atoms with van der Waals surface area (Å²) >= 11 is 1.68. The number of methoxy groups -OCH3 is 1. The Morgan fingerprint density at radius 2 is 2.04 bits per heavy atom. The minimum Gasteiger partial charge on any atom is -0.497 e. The molecule has 26 heavy (non-hydrogen) atoms. The molecule has 1 aromatic carbocycles. The van der Waals surface area contributed by atoms with Crippen LogP contribution in [-0.4, -0.2) is 34.9 Å². The molecule has 1 amide bonds. The number of anilines is 1. The lowest BCUT2D eigenvalue weighted by Gasteiger charge is -2.39. The van der Waals surface area contributed by atoms with E-state index in [0.717, 1.165) is 42.1 Å². The molecule has 0 saturated carbocycles. The van der Waals surface area contributed by atoms with Gasteiger partial charge in [-0.15, -0.1) is 0 Å². The summed E-state index contributed by atoms with van der Waals surface area (Å²) < 4.78 is 5.41. The molecule has 2 aromatic rings. The number of benzene rings is 1. The molecule has 1 aromatic heterocycles. The number of pyridine rings is 1. The second-order valence-corrected chi connectivity index (χ2v) is 7.25. The molecule has 1 atom stereocenters. The van der Waals surface area contributed by atoms with Gasteiger partial charge in [0.25, 0.3) is 0 Å². The van der Waals surface area contributed by atoms with Gasteiger partial charge in [0, 0.05) is 42.7 Å². The maximum absolute atomic E-state index is 12.6. The fourth-order valence-corrected chi connectivity index (χ4v) is 4.62. The molecule has 134 valence electrons. The topological polar surface area (TPSA) is 45.7 Å². The van der Waals surface area contributed by atoms with Gasteiger partial charge in [0.15, 0.2) is 5.50 Å². The summed E-state index contributed by atoms with van der Waals surface area (Å²) in [5, 5.41) is 2.14. The number of nitrogens with zero attached hydrogens (tertiary/aromatic N) is 3. The lowest BCUT2D eigenvalue weighted by molar-refractivity contribution is -0.133. The van der Waals surface area contributed by atoms with Crippen LogP contribution in [0.3, 0.4) is 0 Å². The third kappa shape index (κ3) is 3.17. The van der Waals surface area contributed by atoms with Crippen molar-refractivity contribution in [2.75, 3.05) is 18.6 Å². The highest BCUT2D eigenvalue weighted by atomic mass is 32.2. The highest BCUT2D eigenvalue weighted by Crippen LogP contribution is 2.43. The molecule has 1 saturated heterocycles. The maximum Gasteiger partial charge on any atom is 0.224 e. The van der Waals surface area contributed by atoms with Crippen molar-refractivity contribution in [1.82, 2.24) is 9.88 Å². The van der Waals surface area contributed by atoms with Crippen LogP contribution >= 0.6 is 11.8 Å². The van der Waals surface area contributed by atoms with Crippen molar-refractivity contribution in [3.63, 3.8) is 0 Å². The van der Waals surface area contributed by atoms with Crippen molar-refractivity contribution >= 4 is 29.1 Å². The molecule has 1 unspecified atom stereocenters. The molecule has 0 radical (unpaired) electrons. The lowest BCUT2D eigenvalue weighted by atomic mass is 10.1. The number of ether oxygens (including phenoxy) is 1. The number of piperidine rings is 1. The quantitative estimate of drug-likeness (QED) is 0.819. The van der Waals surface area contributed by atoms with Gasteiger partial charge in [-0.05, 0) is 42.5 Å². The molecule has 2 aliphatic heterocycles. The van der Waals surface area contributed by atoms with E-state index in [1.54, 1.807) is 31.3 Å². The Labute approximate surface area is 157 Å². The third-order valence-electron chi connectivity index (χ3n) is 4.72. The van der Waals surface area contributed by atoms with E-state index in [-0.39, 0.29) is 11.4 Å². The molecule has 5 nitrogen and oxygen atoms in total. The number of rotatable bonds is 4. The minimum absolute atomic E-state index is 0.0712. The Kier molecular flexibility index (Phi) is 4.84. The molecule has 0 N–H and O–H groups in total. The van der Waals surface area contributed by atoms with Gasteiger partial charge in [0.1, 0.15) is 5.75 Å². The summed E-state index contributed by atoms with van der Waals surface area (Å²) in [5.74, 6) is 1.03. The van der Waals surface area contributed by atoms with Crippen LogP contribution in [0, 0.1) is 0 Å². The predicted molar refractivity (Wildman–Crippen MR) is 105 cm³/mol. The average Bonchev–Trinajstić information content (AvgIpc) is 3.14. The first kappa shape index (κ1) is 17.0. The van der Waals surface area contributed by atoms with Crippen LogP contribution < -0.4 is 9.64 Å². The first-order chi connectivity index (χ1) is 12.8. The van der Waals surface area contributed by atoms with Gasteiger partial charge in [-0.3, -0.25) is 9.78 Å². The zero-order valence-electron chi connectivity index (χ0n) is 14.7. The summed E-state index contributed by atoms with van der Waals surface area (Å²) in [6.45, 7) is 0.800. The van der Waals surface area contributed by atoms with Gasteiger partial charge in [0.05, 0.1) is 12.8 Å². The molecule has 6 heteroatoms. The smallest absolute Gasteiger partial charge is 0.224 e. The lowest BCUT2D eigenvalue weighted by Crippen LogP contribution is -2.48. The van der Waals surface area contributed by atoms with E-state index in [2.05, 4.69) is 21.4 Å². The fraction of sp³-hybridized carbons (Fsp3) is 0.300. The monoisotopic (exact) mass is 367 g/mol. The Hall–Kier alpha value is -2.47. The van der Waals surface area contributed by atoms with Gasteiger partial charge in [0.2, 0.25) is 5.91 Å². The molecule has 0 aliphatic carbocycles. The van der Waals surface area contributed by atoms with Crippen molar-refractivity contribution in [1.29, 1.82) is 0 Å². The van der Waals surface area contributed by atoms with E-state index in [9.17, 15) is 4.79 Å². The van der Waals surface area contributed by atoms with Crippen molar-refractivity contribution in [3.05, 3.63) is 59.8 Å². The van der Waals surface area contributed by atoms with Gasteiger partial charge in [-0.25, -0.2) is 0 Å². The molecule has 0 bridgehead atoms. The number of hydrogen-bond acceptors (Lipinski definition) is 5. The van der Waals surface area contributed by atoms with E-state index in [4.69, 9.17) is 4.74 Å². The number of carbonyl (C=O) groups excluding carboxylic acids is 1. The van der Waals surface area contributed by atoms with E-state index >= 15 is 0 Å². The van der Waals surface area contributed by atoms with Gasteiger partial charge >= 0.3 is 0 Å². The highest BCUT2D eigenvalue weighted by molar-refractivity contribution is 8.03. The fourth-order valence-electron chi connectivity index (χ4n) is 3.39. The molecule has 3 heterocycles. The second kappa shape index (κ2) is 7.41. The Bertz CT molecular complexity index is 825. The Morgan fingerprint density at radius 1 is 1.19 bits per heavy atom. The highest BCUT2D eigenvalue weighted by Gasteiger charge is 2.36. The summed E-state index contributed by atoms with van der Waals surface area (Å²) in [4.78, 5) is 20.9. The predicted octanol–water partition coefficient (Wildman–Crippen LogP) is 3.94. The Balaban J connectivity index is 1.74. The van der Waals surface area contributed by atoms with Crippen LogP contribution in [0.1, 0.15) is 24.8 Å². The summed E-state index contributed by atoms with van der Waals surface area (Å²) in [5.41, 5.74) is 3.11. The van der Waals surface area contributed by atoms with Crippen LogP contribution in [0.4, 0.5) is 5.69 Å². The summed E-state index contributed by atoms with van der Waals surface area (Å²) in [6.07, 6.45) is 6.26. The van der Waals surface area contributed by atoms with Gasteiger partial charge < -0.3 is 14.5 Å². The molecule has 1 fully saturated rings. The minimum atomic E-state index is -0.0712. The van der Waals surface area contributed by atoms with Crippen molar-refractivity contribution in [2.24, 2.45) is 0 Å². The number of hydrogen-bond donors (Lipinski definition) is 0. The van der Waals surface area contributed by atoms with E-state index < -0.39 is 0 Å². The Morgan fingerprint density at radius 3 is 2.81 bits per heavy atom. The standard InChI is InChI=1S/C20H21N3O2S/c1-25-17-6-4-5-16(13-17)23-18(15-8-10-21-11-9-15)14-26-20(23)22-12-3-2-7-19(22)24/h4-6,8-11,13-14,20H,2-3,7,12H2,1H3. The van der Waals surface area contributed by atoms with Crippen LogP contribution in [0.2, 0.25) is 0 Å². The maximum atomic E-state index is 12.6. The van der Waals surface area contributed by atoms with Crippen LogP contribution in [0.15, 0.2) is 54.2 Å². The van der Waals surface area contributed by atoms with Crippen LogP contribution in [0.25, 0.3) is 5.70 Å². The second-order valence-electron chi connectivity index (χ2n) is 6.32. The first-order valence-electron chi connectivity index (χ1n) is 8.77. The molecule has 0 spiro atoms. The first-order valence-corrected chi connectivity index (χ1v) is 9.71. The third-order valence-corrected chi connectivity index (χ3v) is 5.78. The number of likely N-dealkylation sites (tertiary alicyclic amines) is 1. The number of carbonyl (C=O) groups is 1. The number of amides is 1. The van der Waals surface area contributed by atoms with E-state index in [1.165, 1.54) is 0 Å². The van der Waals surface area contributed by atoms with Crippen molar-refractivity contribution in [3.8, 4) is 5.75 Å². The van der Waals surface area contributed by atoms with E-state index in [1.807, 2.05) is 35.2 Å². The average molecular weight is 367 g/mol.